The van der Waals surface area contributed by atoms with E-state index in [9.17, 15) is 0 Å². The van der Waals surface area contributed by atoms with Gasteiger partial charge >= 0.3 is 0 Å². The van der Waals surface area contributed by atoms with Crippen LogP contribution < -0.4 is 5.73 Å². The summed E-state index contributed by atoms with van der Waals surface area (Å²) in [6, 6.07) is 3.98. The highest BCUT2D eigenvalue weighted by Crippen LogP contribution is 2.26. The van der Waals surface area contributed by atoms with Crippen LogP contribution in [-0.4, -0.2) is 14.8 Å². The zero-order valence-corrected chi connectivity index (χ0v) is 9.66. The molecule has 0 fully saturated rings. The molecule has 2 N–H and O–H groups in total. The summed E-state index contributed by atoms with van der Waals surface area (Å²) in [6.45, 7) is 0. The molecular formula is C10H7ClN4S. The molecule has 0 saturated heterocycles. The molecule has 0 aliphatic rings. The average Bonchev–Trinajstić information content (AvgIpc) is 2.85. The van der Waals surface area contributed by atoms with Crippen LogP contribution in [0.4, 0.5) is 5.82 Å². The minimum atomic E-state index is 0.315. The number of hydrogen-bond acceptors (Lipinski definition) is 4. The number of hydrogen-bond donors (Lipinski definition) is 1. The number of thiophene rings is 1. The van der Waals surface area contributed by atoms with Gasteiger partial charge in [-0.15, -0.1) is 16.4 Å². The summed E-state index contributed by atoms with van der Waals surface area (Å²) in [5.74, 6) is 1.06. The minimum Gasteiger partial charge on any atom is -0.381 e. The quantitative estimate of drug-likeness (QED) is 0.723. The topological polar surface area (TPSA) is 56.7 Å². The summed E-state index contributed by atoms with van der Waals surface area (Å²) in [5.41, 5.74) is 5.61. The second kappa shape index (κ2) is 3.47. The molecule has 3 rings (SSSR count). The summed E-state index contributed by atoms with van der Waals surface area (Å²) in [6.07, 6.45) is 3.41. The summed E-state index contributed by atoms with van der Waals surface area (Å²) >= 11 is 7.53. The van der Waals surface area contributed by atoms with Crippen molar-refractivity contribution in [2.24, 2.45) is 0 Å². The molecule has 0 aliphatic carbocycles. The number of pyridine rings is 1. The number of aromatic nitrogens is 3. The van der Waals surface area contributed by atoms with Crippen molar-refractivity contribution in [3.8, 4) is 5.82 Å². The maximum absolute atomic E-state index is 5.87. The lowest BCUT2D eigenvalue weighted by molar-refractivity contribution is 0.861. The molecular weight excluding hydrogens is 244 g/mol. The maximum atomic E-state index is 5.87. The number of nitrogens with zero attached hydrogens (tertiary/aromatic N) is 3. The summed E-state index contributed by atoms with van der Waals surface area (Å²) < 4.78 is 2.77. The average molecular weight is 251 g/mol. The molecule has 4 nitrogen and oxygen atoms in total. The van der Waals surface area contributed by atoms with Gasteiger partial charge in [0.1, 0.15) is 5.02 Å². The fraction of sp³-hybridized carbons (Fsp3) is 0. The van der Waals surface area contributed by atoms with Gasteiger partial charge in [0.15, 0.2) is 11.6 Å². The van der Waals surface area contributed by atoms with Crippen LogP contribution in [0.2, 0.25) is 5.02 Å². The fourth-order valence-corrected chi connectivity index (χ4v) is 2.44. The third-order valence-corrected chi connectivity index (χ3v) is 3.44. The lowest BCUT2D eigenvalue weighted by Crippen LogP contribution is -1.99. The van der Waals surface area contributed by atoms with Gasteiger partial charge in [-0.05, 0) is 17.5 Å². The van der Waals surface area contributed by atoms with Gasteiger partial charge in [0.05, 0.1) is 6.20 Å². The van der Waals surface area contributed by atoms with E-state index in [0.717, 1.165) is 15.9 Å². The van der Waals surface area contributed by atoms with Crippen LogP contribution in [0, 0.1) is 0 Å². The predicted molar refractivity (Wildman–Crippen MR) is 66.2 cm³/mol. The summed E-state index contributed by atoms with van der Waals surface area (Å²) in [7, 11) is 0. The largest absolute Gasteiger partial charge is 0.381 e. The van der Waals surface area contributed by atoms with E-state index in [0.29, 0.717) is 10.8 Å². The molecule has 16 heavy (non-hydrogen) atoms. The molecule has 3 aromatic rings. The first-order valence-corrected chi connectivity index (χ1v) is 5.85. The first-order chi connectivity index (χ1) is 7.75. The number of nitrogen functional groups attached to an aromatic ring is 1. The van der Waals surface area contributed by atoms with Crippen molar-refractivity contribution < 1.29 is 0 Å². The number of anilines is 1. The number of rotatable bonds is 1. The second-order valence-electron chi connectivity index (χ2n) is 3.27. The van der Waals surface area contributed by atoms with E-state index < -0.39 is 0 Å². The third kappa shape index (κ3) is 1.36. The first-order valence-electron chi connectivity index (χ1n) is 4.59. The standard InChI is InChI=1S/C10H7ClN4S/c11-7-5-15(14-9(7)12)10-6-2-4-16-8(6)1-3-13-10/h1-5H,(H2,12,14). The number of halogens is 1. The van der Waals surface area contributed by atoms with E-state index in [1.165, 1.54) is 0 Å². The summed E-state index contributed by atoms with van der Waals surface area (Å²) in [4.78, 5) is 4.30. The molecule has 0 aliphatic heterocycles. The smallest absolute Gasteiger partial charge is 0.164 e. The van der Waals surface area contributed by atoms with Crippen LogP contribution in [0.5, 0.6) is 0 Å². The van der Waals surface area contributed by atoms with E-state index in [1.54, 1.807) is 28.4 Å². The van der Waals surface area contributed by atoms with Crippen molar-refractivity contribution in [1.82, 2.24) is 14.8 Å². The van der Waals surface area contributed by atoms with Crippen molar-refractivity contribution in [2.75, 3.05) is 5.73 Å². The van der Waals surface area contributed by atoms with Crippen LogP contribution in [-0.2, 0) is 0 Å². The van der Waals surface area contributed by atoms with Gasteiger partial charge in [-0.3, -0.25) is 0 Å². The van der Waals surface area contributed by atoms with Crippen LogP contribution in [0.1, 0.15) is 0 Å². The fourth-order valence-electron chi connectivity index (χ4n) is 1.54. The Kier molecular flexibility index (Phi) is 2.08. The number of fused-ring (bicyclic) bond motifs is 1. The molecule has 0 spiro atoms. The van der Waals surface area contributed by atoms with Gasteiger partial charge in [-0.1, -0.05) is 11.6 Å². The monoisotopic (exact) mass is 250 g/mol. The van der Waals surface area contributed by atoms with Crippen molar-refractivity contribution in [1.29, 1.82) is 0 Å². The lowest BCUT2D eigenvalue weighted by atomic mass is 10.3. The zero-order valence-electron chi connectivity index (χ0n) is 8.09. The Morgan fingerprint density at radius 3 is 3.00 bits per heavy atom. The van der Waals surface area contributed by atoms with Crippen molar-refractivity contribution in [2.45, 2.75) is 0 Å². The highest BCUT2D eigenvalue weighted by Gasteiger charge is 2.09. The van der Waals surface area contributed by atoms with Gasteiger partial charge < -0.3 is 5.73 Å². The van der Waals surface area contributed by atoms with Crippen molar-refractivity contribution in [3.63, 3.8) is 0 Å². The Morgan fingerprint density at radius 2 is 2.25 bits per heavy atom. The molecule has 0 amide bonds. The SMILES string of the molecule is Nc1nn(-c2nccc3sccc23)cc1Cl. The molecule has 80 valence electrons. The summed E-state index contributed by atoms with van der Waals surface area (Å²) in [5, 5.41) is 7.62. The van der Waals surface area contributed by atoms with E-state index in [4.69, 9.17) is 17.3 Å². The first kappa shape index (κ1) is 9.62. The Hall–Kier alpha value is -1.59. The molecule has 0 saturated carbocycles. The van der Waals surface area contributed by atoms with Gasteiger partial charge in [0.25, 0.3) is 0 Å². The molecule has 0 atom stereocenters. The van der Waals surface area contributed by atoms with Crippen LogP contribution in [0.25, 0.3) is 15.9 Å². The molecule has 0 radical (unpaired) electrons. The van der Waals surface area contributed by atoms with E-state index in [1.807, 2.05) is 17.5 Å². The van der Waals surface area contributed by atoms with E-state index >= 15 is 0 Å². The Bertz CT molecular complexity index is 638. The highest BCUT2D eigenvalue weighted by molar-refractivity contribution is 7.17. The molecule has 0 bridgehead atoms. The maximum Gasteiger partial charge on any atom is 0.164 e. The zero-order chi connectivity index (χ0) is 11.1. The Labute approximate surface area is 100 Å². The van der Waals surface area contributed by atoms with Gasteiger partial charge in [-0.25, -0.2) is 9.67 Å². The molecule has 3 aromatic heterocycles. The van der Waals surface area contributed by atoms with Crippen LogP contribution in [0.3, 0.4) is 0 Å². The number of nitrogens with two attached hydrogens (primary N) is 1. The molecule has 6 heteroatoms. The van der Waals surface area contributed by atoms with Gasteiger partial charge in [0.2, 0.25) is 0 Å². The van der Waals surface area contributed by atoms with Gasteiger partial charge in [0, 0.05) is 16.3 Å². The highest BCUT2D eigenvalue weighted by atomic mass is 35.5. The third-order valence-electron chi connectivity index (χ3n) is 2.27. The molecule has 0 aromatic carbocycles. The second-order valence-corrected chi connectivity index (χ2v) is 4.63. The van der Waals surface area contributed by atoms with Gasteiger partial charge in [-0.2, -0.15) is 0 Å². The Balaban J connectivity index is 2.29. The van der Waals surface area contributed by atoms with Crippen LogP contribution in [0.15, 0.2) is 29.9 Å². The normalized spacial score (nSPS) is 11.1. The van der Waals surface area contributed by atoms with E-state index in [2.05, 4.69) is 10.1 Å². The predicted octanol–water partition coefficient (Wildman–Crippen LogP) is 2.72. The minimum absolute atomic E-state index is 0.315. The van der Waals surface area contributed by atoms with E-state index in [-0.39, 0.29) is 0 Å². The Morgan fingerprint density at radius 1 is 1.38 bits per heavy atom. The van der Waals surface area contributed by atoms with Crippen molar-refractivity contribution in [3.05, 3.63) is 34.9 Å². The molecule has 3 heterocycles. The molecule has 0 unspecified atom stereocenters. The van der Waals surface area contributed by atoms with Crippen molar-refractivity contribution >= 4 is 38.8 Å². The van der Waals surface area contributed by atoms with Crippen LogP contribution >= 0.6 is 22.9 Å². The lowest BCUT2D eigenvalue weighted by Gasteiger charge is -2.00.